The lowest BCUT2D eigenvalue weighted by atomic mass is 9.93. The average molecular weight is 433 g/mol. The second kappa shape index (κ2) is 8.64. The normalized spacial score (nSPS) is 19.7. The number of benzene rings is 4. The minimum absolute atomic E-state index is 0.306. The van der Waals surface area contributed by atoms with E-state index in [1.165, 1.54) is 21.5 Å². The van der Waals surface area contributed by atoms with Gasteiger partial charge in [-0.1, -0.05) is 115 Å². The standard InChI is InChI=1S/C30H28OSi/c1-30(31-27-16-8-3-9-17-27)22-26(25-14-6-2-7-15-25)23-32(24-30,28-18-10-4-11-19-28)29-20-12-5-13-21-29/h2-21,23H,22,24H2,1H3. The number of ether oxygens (including phenoxy) is 1. The molecule has 1 unspecified atom stereocenters. The zero-order valence-electron chi connectivity index (χ0n) is 18.4. The van der Waals surface area contributed by atoms with Crippen LogP contribution in [0, 0.1) is 0 Å². The molecule has 5 rings (SSSR count). The first-order chi connectivity index (χ1) is 15.7. The summed E-state index contributed by atoms with van der Waals surface area (Å²) in [5.74, 6) is 0.938. The largest absolute Gasteiger partial charge is 0.487 e. The highest BCUT2D eigenvalue weighted by atomic mass is 28.3. The van der Waals surface area contributed by atoms with Crippen molar-refractivity contribution in [3.63, 3.8) is 0 Å². The van der Waals surface area contributed by atoms with Gasteiger partial charge in [-0.05, 0) is 46.6 Å². The van der Waals surface area contributed by atoms with Gasteiger partial charge in [-0.3, -0.25) is 0 Å². The summed E-state index contributed by atoms with van der Waals surface area (Å²) in [7, 11) is -2.26. The Hall–Kier alpha value is -3.36. The van der Waals surface area contributed by atoms with Crippen LogP contribution < -0.4 is 15.1 Å². The molecule has 1 aliphatic rings. The van der Waals surface area contributed by atoms with Crippen LogP contribution in [0.2, 0.25) is 6.04 Å². The lowest BCUT2D eigenvalue weighted by Crippen LogP contribution is -2.63. The maximum absolute atomic E-state index is 6.79. The molecule has 4 aromatic carbocycles. The van der Waals surface area contributed by atoms with Crippen molar-refractivity contribution in [1.82, 2.24) is 0 Å². The third-order valence-electron chi connectivity index (χ3n) is 6.47. The van der Waals surface area contributed by atoms with Crippen molar-refractivity contribution in [2.45, 2.75) is 25.0 Å². The molecule has 0 aromatic heterocycles. The van der Waals surface area contributed by atoms with Gasteiger partial charge in [-0.25, -0.2) is 0 Å². The highest BCUT2D eigenvalue weighted by Gasteiger charge is 2.47. The molecule has 0 spiro atoms. The number of rotatable bonds is 5. The van der Waals surface area contributed by atoms with Gasteiger partial charge in [0, 0.05) is 6.42 Å². The Kier molecular flexibility index (Phi) is 5.55. The van der Waals surface area contributed by atoms with Crippen LogP contribution in [0.5, 0.6) is 5.75 Å². The lowest BCUT2D eigenvalue weighted by Gasteiger charge is -2.44. The van der Waals surface area contributed by atoms with Crippen LogP contribution in [0.1, 0.15) is 18.9 Å². The van der Waals surface area contributed by atoms with Crippen molar-refractivity contribution in [1.29, 1.82) is 0 Å². The van der Waals surface area contributed by atoms with E-state index in [9.17, 15) is 0 Å². The Morgan fingerprint density at radius 1 is 0.625 bits per heavy atom. The van der Waals surface area contributed by atoms with E-state index < -0.39 is 8.07 Å². The first kappa shape index (κ1) is 20.5. The van der Waals surface area contributed by atoms with Gasteiger partial charge in [-0.15, -0.1) is 0 Å². The van der Waals surface area contributed by atoms with E-state index in [0.717, 1.165) is 18.2 Å². The molecule has 0 saturated carbocycles. The molecule has 0 N–H and O–H groups in total. The molecule has 1 aliphatic heterocycles. The van der Waals surface area contributed by atoms with Crippen molar-refractivity contribution < 1.29 is 4.74 Å². The monoisotopic (exact) mass is 432 g/mol. The predicted octanol–water partition coefficient (Wildman–Crippen LogP) is 6.11. The molecule has 0 bridgehead atoms. The molecule has 0 fully saturated rings. The van der Waals surface area contributed by atoms with E-state index in [1.54, 1.807) is 0 Å². The van der Waals surface area contributed by atoms with Crippen LogP contribution in [0.25, 0.3) is 5.57 Å². The van der Waals surface area contributed by atoms with Crippen LogP contribution in [0.3, 0.4) is 0 Å². The average Bonchev–Trinajstić information content (AvgIpc) is 2.85. The fourth-order valence-corrected chi connectivity index (χ4v) is 10.1. The summed E-state index contributed by atoms with van der Waals surface area (Å²) in [5.41, 5.74) is 5.00. The lowest BCUT2D eigenvalue weighted by molar-refractivity contribution is 0.113. The first-order valence-electron chi connectivity index (χ1n) is 11.3. The maximum Gasteiger partial charge on any atom is 0.145 e. The van der Waals surface area contributed by atoms with E-state index in [4.69, 9.17) is 4.74 Å². The summed E-state index contributed by atoms with van der Waals surface area (Å²) in [6.07, 6.45) is 0.889. The van der Waals surface area contributed by atoms with Gasteiger partial charge >= 0.3 is 0 Å². The van der Waals surface area contributed by atoms with Crippen molar-refractivity contribution in [3.05, 3.63) is 133 Å². The van der Waals surface area contributed by atoms with Crippen molar-refractivity contribution in [2.24, 2.45) is 0 Å². The van der Waals surface area contributed by atoms with E-state index in [0.29, 0.717) is 0 Å². The van der Waals surface area contributed by atoms with Crippen molar-refractivity contribution in [3.8, 4) is 5.75 Å². The Morgan fingerprint density at radius 3 is 1.62 bits per heavy atom. The Bertz CT molecular complexity index is 1150. The van der Waals surface area contributed by atoms with E-state index in [1.807, 2.05) is 6.07 Å². The minimum Gasteiger partial charge on any atom is -0.487 e. The summed E-state index contributed by atoms with van der Waals surface area (Å²) in [4.78, 5) is 0. The summed E-state index contributed by atoms with van der Waals surface area (Å²) in [5, 5.41) is 2.87. The predicted molar refractivity (Wildman–Crippen MR) is 137 cm³/mol. The SMILES string of the molecule is CC1(Oc2ccccc2)CC(c2ccccc2)=C[Si](c2ccccc2)(c2ccccc2)C1. The van der Waals surface area contributed by atoms with Gasteiger partial charge in [-0.2, -0.15) is 0 Å². The second-order valence-electron chi connectivity index (χ2n) is 8.96. The van der Waals surface area contributed by atoms with Crippen molar-refractivity contribution in [2.75, 3.05) is 0 Å². The van der Waals surface area contributed by atoms with Gasteiger partial charge in [0.2, 0.25) is 0 Å². The molecular weight excluding hydrogens is 404 g/mol. The molecule has 0 aliphatic carbocycles. The van der Waals surface area contributed by atoms with Gasteiger partial charge in [0.05, 0.1) is 0 Å². The van der Waals surface area contributed by atoms with E-state index in [-0.39, 0.29) is 5.60 Å². The molecule has 0 saturated heterocycles. The van der Waals surface area contributed by atoms with Crippen LogP contribution >= 0.6 is 0 Å². The maximum atomic E-state index is 6.79. The molecular formula is C30H28OSi. The topological polar surface area (TPSA) is 9.23 Å². The summed E-state index contributed by atoms with van der Waals surface area (Å²) in [6, 6.07) is 44.3. The Balaban J connectivity index is 1.71. The fraction of sp³-hybridized carbons (Fsp3) is 0.133. The zero-order chi connectivity index (χ0) is 21.9. The van der Waals surface area contributed by atoms with Gasteiger partial charge in [0.1, 0.15) is 19.4 Å². The minimum atomic E-state index is -2.26. The Morgan fingerprint density at radius 2 is 1.09 bits per heavy atom. The molecule has 2 heteroatoms. The Labute approximate surface area is 192 Å². The highest BCUT2D eigenvalue weighted by Crippen LogP contribution is 2.41. The van der Waals surface area contributed by atoms with Crippen LogP contribution in [-0.2, 0) is 0 Å². The van der Waals surface area contributed by atoms with Crippen LogP contribution in [0.15, 0.2) is 127 Å². The van der Waals surface area contributed by atoms with Crippen molar-refractivity contribution >= 4 is 24.0 Å². The smallest absolute Gasteiger partial charge is 0.145 e. The summed E-state index contributed by atoms with van der Waals surface area (Å²) in [6.45, 7) is 2.30. The van der Waals surface area contributed by atoms with Crippen LogP contribution in [0.4, 0.5) is 0 Å². The molecule has 32 heavy (non-hydrogen) atoms. The highest BCUT2D eigenvalue weighted by molar-refractivity contribution is 7.06. The van der Waals surface area contributed by atoms with Gasteiger partial charge in [0.15, 0.2) is 0 Å². The number of hydrogen-bond donors (Lipinski definition) is 0. The second-order valence-corrected chi connectivity index (χ2v) is 12.7. The van der Waals surface area contributed by atoms with Gasteiger partial charge in [0.25, 0.3) is 0 Å². The number of hydrogen-bond acceptors (Lipinski definition) is 1. The molecule has 158 valence electrons. The molecule has 1 atom stereocenters. The summed E-state index contributed by atoms with van der Waals surface area (Å²) >= 11 is 0. The molecule has 4 aromatic rings. The fourth-order valence-electron chi connectivity index (χ4n) is 5.15. The zero-order valence-corrected chi connectivity index (χ0v) is 19.4. The third-order valence-corrected chi connectivity index (χ3v) is 11.3. The first-order valence-corrected chi connectivity index (χ1v) is 13.6. The number of para-hydroxylation sites is 1. The molecule has 1 heterocycles. The van der Waals surface area contributed by atoms with Crippen LogP contribution in [-0.4, -0.2) is 13.7 Å². The molecule has 1 nitrogen and oxygen atoms in total. The summed E-state index contributed by atoms with van der Waals surface area (Å²) < 4.78 is 6.79. The molecule has 0 amide bonds. The molecule has 0 radical (unpaired) electrons. The quantitative estimate of drug-likeness (QED) is 0.346. The van der Waals surface area contributed by atoms with Gasteiger partial charge < -0.3 is 4.74 Å². The van der Waals surface area contributed by atoms with E-state index >= 15 is 0 Å². The third kappa shape index (κ3) is 4.06. The van der Waals surface area contributed by atoms with E-state index in [2.05, 4.69) is 128 Å².